The van der Waals surface area contributed by atoms with Crippen molar-refractivity contribution >= 4 is 51.2 Å². The lowest BCUT2D eigenvalue weighted by Gasteiger charge is -2.30. The van der Waals surface area contributed by atoms with Gasteiger partial charge in [0.25, 0.3) is 0 Å². The zero-order valence-corrected chi connectivity index (χ0v) is 33.7. The number of benzene rings is 8. The van der Waals surface area contributed by atoms with Gasteiger partial charge in [0.1, 0.15) is 0 Å². The Morgan fingerprint density at radius 3 is 0.614 bits per heavy atom. The molecule has 0 aliphatic carbocycles. The van der Waals surface area contributed by atoms with Crippen LogP contribution in [0.1, 0.15) is 33.4 Å². The molecule has 3 heteroatoms. The Labute approximate surface area is 338 Å². The number of hydrogen-bond donors (Lipinski definition) is 0. The first-order valence-corrected chi connectivity index (χ1v) is 19.7. The number of anilines is 9. The van der Waals surface area contributed by atoms with E-state index in [4.69, 9.17) is 0 Å². The molecule has 0 aliphatic rings. The Balaban J connectivity index is 1.32. The first-order chi connectivity index (χ1) is 27.7. The van der Waals surface area contributed by atoms with Gasteiger partial charge in [-0.1, -0.05) is 118 Å². The lowest BCUT2D eigenvalue weighted by Crippen LogP contribution is -2.14. The highest BCUT2D eigenvalue weighted by Gasteiger charge is 2.20. The quantitative estimate of drug-likeness (QED) is 0.138. The normalized spacial score (nSPS) is 11.0. The number of hydrogen-bond acceptors (Lipinski definition) is 3. The van der Waals surface area contributed by atoms with Gasteiger partial charge in [0, 0.05) is 51.2 Å². The molecule has 8 rings (SSSR count). The van der Waals surface area contributed by atoms with E-state index in [0.29, 0.717) is 0 Å². The van der Waals surface area contributed by atoms with Gasteiger partial charge in [-0.25, -0.2) is 0 Å². The molecule has 280 valence electrons. The molecule has 0 saturated carbocycles. The summed E-state index contributed by atoms with van der Waals surface area (Å²) in [6.07, 6.45) is 0. The first kappa shape index (κ1) is 37.1. The highest BCUT2D eigenvalue weighted by Crippen LogP contribution is 2.44. The van der Waals surface area contributed by atoms with E-state index in [1.54, 1.807) is 0 Å². The van der Waals surface area contributed by atoms with Crippen LogP contribution in [-0.4, -0.2) is 0 Å². The van der Waals surface area contributed by atoms with Gasteiger partial charge in [-0.3, -0.25) is 0 Å². The molecule has 0 aliphatic heterocycles. The molecule has 0 fully saturated rings. The molecule has 0 bridgehead atoms. The minimum atomic E-state index is 1.07. The van der Waals surface area contributed by atoms with Crippen LogP contribution in [0.3, 0.4) is 0 Å². The molecule has 0 amide bonds. The number of rotatable bonds is 10. The van der Waals surface area contributed by atoms with Gasteiger partial charge in [0.15, 0.2) is 0 Å². The summed E-state index contributed by atoms with van der Waals surface area (Å²) in [5.41, 5.74) is 19.6. The summed E-state index contributed by atoms with van der Waals surface area (Å²) in [6.45, 7) is 12.8. The topological polar surface area (TPSA) is 9.72 Å². The zero-order valence-electron chi connectivity index (χ0n) is 33.7. The van der Waals surface area contributed by atoms with Crippen LogP contribution in [0.5, 0.6) is 0 Å². The molecule has 0 radical (unpaired) electrons. The van der Waals surface area contributed by atoms with Crippen molar-refractivity contribution in [3.8, 4) is 11.1 Å². The molecule has 0 heterocycles. The fourth-order valence-corrected chi connectivity index (χ4v) is 7.33. The predicted molar refractivity (Wildman–Crippen MR) is 244 cm³/mol. The molecule has 0 unspecified atom stereocenters. The highest BCUT2D eigenvalue weighted by molar-refractivity contribution is 5.88. The number of nitrogens with zero attached hydrogens (tertiary/aromatic N) is 3. The summed E-state index contributed by atoms with van der Waals surface area (Å²) in [7, 11) is 0. The van der Waals surface area contributed by atoms with Crippen LogP contribution >= 0.6 is 0 Å². The average molecular weight is 740 g/mol. The van der Waals surface area contributed by atoms with Crippen LogP contribution in [0.2, 0.25) is 0 Å². The van der Waals surface area contributed by atoms with Crippen molar-refractivity contribution in [2.75, 3.05) is 14.7 Å². The van der Waals surface area contributed by atoms with E-state index in [-0.39, 0.29) is 0 Å². The van der Waals surface area contributed by atoms with Gasteiger partial charge in [-0.2, -0.15) is 0 Å². The molecule has 0 N–H and O–H groups in total. The third-order valence-corrected chi connectivity index (χ3v) is 10.6. The molecule has 0 spiro atoms. The van der Waals surface area contributed by atoms with Crippen LogP contribution < -0.4 is 14.7 Å². The highest BCUT2D eigenvalue weighted by atomic mass is 15.2. The Hall–Kier alpha value is -6.84. The lowest BCUT2D eigenvalue weighted by atomic mass is 10.0. The fourth-order valence-electron chi connectivity index (χ4n) is 7.33. The molecule has 3 nitrogen and oxygen atoms in total. The van der Waals surface area contributed by atoms with Gasteiger partial charge in [-0.15, -0.1) is 0 Å². The average Bonchev–Trinajstić information content (AvgIpc) is 3.23. The maximum Gasteiger partial charge on any atom is 0.0488 e. The molecule has 8 aromatic carbocycles. The zero-order chi connectivity index (χ0) is 39.5. The largest absolute Gasteiger partial charge is 0.311 e. The number of aryl methyl sites for hydroxylation is 6. The maximum atomic E-state index is 2.37. The summed E-state index contributed by atoms with van der Waals surface area (Å²) in [5.74, 6) is 0. The molecule has 0 saturated heterocycles. The van der Waals surface area contributed by atoms with Crippen molar-refractivity contribution in [3.63, 3.8) is 0 Å². The molecule has 57 heavy (non-hydrogen) atoms. The van der Waals surface area contributed by atoms with E-state index in [9.17, 15) is 0 Å². The van der Waals surface area contributed by atoms with Crippen LogP contribution in [0.15, 0.2) is 188 Å². The van der Waals surface area contributed by atoms with Crippen molar-refractivity contribution in [3.05, 3.63) is 221 Å². The third kappa shape index (κ3) is 8.24. The Bertz CT molecular complexity index is 2320. The van der Waals surface area contributed by atoms with Gasteiger partial charge in [0.05, 0.1) is 0 Å². The van der Waals surface area contributed by atoms with E-state index in [1.165, 1.54) is 33.4 Å². The summed E-state index contributed by atoms with van der Waals surface area (Å²) >= 11 is 0. The van der Waals surface area contributed by atoms with Crippen molar-refractivity contribution in [2.24, 2.45) is 0 Å². The molecule has 0 atom stereocenters. The van der Waals surface area contributed by atoms with E-state index in [0.717, 1.165) is 62.3 Å². The van der Waals surface area contributed by atoms with Gasteiger partial charge < -0.3 is 14.7 Å². The Kier molecular flexibility index (Phi) is 10.5. The SMILES string of the molecule is Cc1ccc(N(c2ccc(C)cc2)c2ccc(-c3cc(N(c4ccc(C)cc4)c4ccc(C)cc4)cc(N(c4ccc(C)cc4)c4ccc(C)cc4)c3)cc2)cc1. The maximum absolute atomic E-state index is 2.37. The molecule has 0 aromatic heterocycles. The van der Waals surface area contributed by atoms with Gasteiger partial charge in [-0.05, 0) is 156 Å². The van der Waals surface area contributed by atoms with E-state index < -0.39 is 0 Å². The van der Waals surface area contributed by atoms with Crippen LogP contribution in [0.25, 0.3) is 11.1 Å². The molecular formula is C54H49N3. The second-order valence-electron chi connectivity index (χ2n) is 15.3. The standard InChI is InChI=1S/C54H49N3/c1-38-7-21-46(22-8-38)55(47-23-9-39(2)10-24-47)52-33-19-44(20-34-52)45-35-53(56(48-25-11-40(3)12-26-48)49-27-13-41(4)14-28-49)37-54(36-45)57(50-29-15-42(5)16-30-50)51-31-17-43(6)18-32-51/h7-37H,1-6H3. The van der Waals surface area contributed by atoms with Crippen molar-refractivity contribution < 1.29 is 0 Å². The minimum absolute atomic E-state index is 1.07. The molecular weight excluding hydrogens is 691 g/mol. The Morgan fingerprint density at radius 1 is 0.193 bits per heavy atom. The van der Waals surface area contributed by atoms with Crippen LogP contribution in [0.4, 0.5) is 51.2 Å². The first-order valence-electron chi connectivity index (χ1n) is 19.7. The summed E-state index contributed by atoms with van der Waals surface area (Å²) in [5, 5.41) is 0. The summed E-state index contributed by atoms with van der Waals surface area (Å²) < 4.78 is 0. The van der Waals surface area contributed by atoms with Crippen molar-refractivity contribution in [1.82, 2.24) is 0 Å². The fraction of sp³-hybridized carbons (Fsp3) is 0.111. The lowest BCUT2D eigenvalue weighted by molar-refractivity contribution is 1.24. The summed E-state index contributed by atoms with van der Waals surface area (Å²) in [6, 6.07) is 68.9. The minimum Gasteiger partial charge on any atom is -0.311 e. The van der Waals surface area contributed by atoms with E-state index in [2.05, 4.69) is 244 Å². The van der Waals surface area contributed by atoms with Gasteiger partial charge in [0.2, 0.25) is 0 Å². The molecule has 8 aromatic rings. The Morgan fingerprint density at radius 2 is 0.386 bits per heavy atom. The monoisotopic (exact) mass is 739 g/mol. The second kappa shape index (κ2) is 16.1. The summed E-state index contributed by atoms with van der Waals surface area (Å²) in [4.78, 5) is 7.08. The van der Waals surface area contributed by atoms with E-state index in [1.807, 2.05) is 0 Å². The van der Waals surface area contributed by atoms with Gasteiger partial charge >= 0.3 is 0 Å². The van der Waals surface area contributed by atoms with Crippen LogP contribution in [-0.2, 0) is 0 Å². The van der Waals surface area contributed by atoms with Crippen molar-refractivity contribution in [2.45, 2.75) is 41.5 Å². The van der Waals surface area contributed by atoms with E-state index >= 15 is 0 Å². The predicted octanol–water partition coefficient (Wildman–Crippen LogP) is 15.6. The smallest absolute Gasteiger partial charge is 0.0488 e. The van der Waals surface area contributed by atoms with Crippen LogP contribution in [0, 0.1) is 41.5 Å². The second-order valence-corrected chi connectivity index (χ2v) is 15.3. The third-order valence-electron chi connectivity index (χ3n) is 10.6. The van der Waals surface area contributed by atoms with Crippen molar-refractivity contribution in [1.29, 1.82) is 0 Å².